The number of aryl methyl sites for hydroxylation is 1. The lowest BCUT2D eigenvalue weighted by Crippen LogP contribution is -2.42. The Morgan fingerprint density at radius 3 is 2.46 bits per heavy atom. The molecular weight excluding hydrogens is 512 g/mol. The SMILES string of the molecule is CCC1CC(NS(=O)(=O)C2CCC2)CC1c1nnc2cnc3c(ccn3S(=O)(=O)c3ccc(C)cc3)n12. The van der Waals surface area contributed by atoms with Gasteiger partial charge in [-0.05, 0) is 56.7 Å². The summed E-state index contributed by atoms with van der Waals surface area (Å²) in [5.74, 6) is 0.921. The second-order valence-corrected chi connectivity index (χ2v) is 14.1. The van der Waals surface area contributed by atoms with Crippen LogP contribution in [-0.2, 0) is 20.0 Å². The van der Waals surface area contributed by atoms with Crippen molar-refractivity contribution in [3.05, 3.63) is 54.1 Å². The van der Waals surface area contributed by atoms with E-state index in [0.717, 1.165) is 37.7 Å². The van der Waals surface area contributed by atoms with E-state index in [1.165, 1.54) is 16.4 Å². The molecule has 0 amide bonds. The molecule has 0 spiro atoms. The highest BCUT2D eigenvalue weighted by atomic mass is 32.2. The summed E-state index contributed by atoms with van der Waals surface area (Å²) in [5, 5.41) is 8.54. The van der Waals surface area contributed by atoms with Gasteiger partial charge in [0.15, 0.2) is 11.3 Å². The van der Waals surface area contributed by atoms with Crippen LogP contribution in [0, 0.1) is 12.8 Å². The molecule has 0 aliphatic heterocycles. The lowest BCUT2D eigenvalue weighted by molar-refractivity contribution is 0.445. The number of hydrogen-bond acceptors (Lipinski definition) is 7. The highest BCUT2D eigenvalue weighted by Gasteiger charge is 2.41. The molecule has 3 atom stereocenters. The molecule has 4 aromatic rings. The van der Waals surface area contributed by atoms with Crippen LogP contribution in [0.1, 0.15) is 62.8 Å². The zero-order valence-corrected chi connectivity index (χ0v) is 22.4. The molecule has 10 nitrogen and oxygen atoms in total. The van der Waals surface area contributed by atoms with Gasteiger partial charge in [0.05, 0.1) is 21.9 Å². The van der Waals surface area contributed by atoms with Crippen molar-refractivity contribution in [1.82, 2.24) is 28.3 Å². The van der Waals surface area contributed by atoms with Crippen LogP contribution in [0.2, 0.25) is 0 Å². The van der Waals surface area contributed by atoms with Crippen LogP contribution < -0.4 is 4.72 Å². The average molecular weight is 543 g/mol. The Kier molecular flexibility index (Phi) is 5.88. The molecule has 1 aromatic carbocycles. The smallest absolute Gasteiger partial charge is 0.269 e. The third-order valence-corrected chi connectivity index (χ3v) is 11.7. The van der Waals surface area contributed by atoms with Crippen LogP contribution in [0.15, 0.2) is 47.6 Å². The van der Waals surface area contributed by atoms with E-state index in [4.69, 9.17) is 0 Å². The summed E-state index contributed by atoms with van der Waals surface area (Å²) in [5.41, 5.74) is 2.39. The van der Waals surface area contributed by atoms with E-state index in [9.17, 15) is 16.8 Å². The monoisotopic (exact) mass is 542 g/mol. The molecule has 0 saturated heterocycles. The summed E-state index contributed by atoms with van der Waals surface area (Å²) >= 11 is 0. The molecule has 2 fully saturated rings. The summed E-state index contributed by atoms with van der Waals surface area (Å²) in [6, 6.07) is 8.28. The second-order valence-electron chi connectivity index (χ2n) is 10.3. The van der Waals surface area contributed by atoms with Gasteiger partial charge in [-0.3, -0.25) is 4.40 Å². The largest absolute Gasteiger partial charge is 0.274 e. The number of sulfonamides is 1. The molecule has 3 unspecified atom stereocenters. The first-order valence-electron chi connectivity index (χ1n) is 12.7. The summed E-state index contributed by atoms with van der Waals surface area (Å²) in [6.07, 6.45) is 7.69. The van der Waals surface area contributed by atoms with Gasteiger partial charge in [-0.15, -0.1) is 10.2 Å². The maximum atomic E-state index is 13.4. The van der Waals surface area contributed by atoms with Crippen molar-refractivity contribution in [2.75, 3.05) is 0 Å². The van der Waals surface area contributed by atoms with Crippen molar-refractivity contribution in [3.8, 4) is 0 Å². The molecule has 0 bridgehead atoms. The Morgan fingerprint density at radius 2 is 1.78 bits per heavy atom. The van der Waals surface area contributed by atoms with E-state index >= 15 is 0 Å². The summed E-state index contributed by atoms with van der Waals surface area (Å²) in [6.45, 7) is 4.01. The highest BCUT2D eigenvalue weighted by molar-refractivity contribution is 7.90. The molecule has 12 heteroatoms. The van der Waals surface area contributed by atoms with Crippen molar-refractivity contribution >= 4 is 36.9 Å². The Bertz CT molecular complexity index is 1690. The zero-order chi connectivity index (χ0) is 25.9. The number of hydrogen-bond donors (Lipinski definition) is 1. The fourth-order valence-electron chi connectivity index (χ4n) is 5.71. The Balaban J connectivity index is 1.38. The minimum absolute atomic E-state index is 0.0169. The van der Waals surface area contributed by atoms with Crippen LogP contribution in [-0.4, -0.2) is 51.7 Å². The zero-order valence-electron chi connectivity index (χ0n) is 20.8. The fourth-order valence-corrected chi connectivity index (χ4v) is 8.81. The van der Waals surface area contributed by atoms with Gasteiger partial charge in [-0.25, -0.2) is 30.5 Å². The van der Waals surface area contributed by atoms with Crippen molar-refractivity contribution < 1.29 is 16.8 Å². The number of fused-ring (bicyclic) bond motifs is 3. The van der Waals surface area contributed by atoms with Crippen molar-refractivity contribution in [3.63, 3.8) is 0 Å². The van der Waals surface area contributed by atoms with Gasteiger partial charge in [0.2, 0.25) is 10.0 Å². The van der Waals surface area contributed by atoms with Crippen LogP contribution in [0.4, 0.5) is 0 Å². The minimum Gasteiger partial charge on any atom is -0.274 e. The number of aromatic nitrogens is 5. The fraction of sp³-hybridized carbons (Fsp3) is 0.480. The molecule has 2 saturated carbocycles. The molecule has 3 aromatic heterocycles. The average Bonchev–Trinajstić information content (AvgIpc) is 3.53. The van der Waals surface area contributed by atoms with Crippen LogP contribution in [0.5, 0.6) is 0 Å². The quantitative estimate of drug-likeness (QED) is 0.379. The summed E-state index contributed by atoms with van der Waals surface area (Å²) in [7, 11) is -7.17. The van der Waals surface area contributed by atoms with Gasteiger partial charge in [-0.2, -0.15) is 0 Å². The summed E-state index contributed by atoms with van der Waals surface area (Å²) < 4.78 is 58.4. The first kappa shape index (κ1) is 24.5. The van der Waals surface area contributed by atoms with Crippen LogP contribution in [0.25, 0.3) is 16.8 Å². The predicted octanol–water partition coefficient (Wildman–Crippen LogP) is 3.37. The number of benzene rings is 1. The maximum absolute atomic E-state index is 13.4. The first-order chi connectivity index (χ1) is 17.7. The normalized spacial score (nSPS) is 23.1. The minimum atomic E-state index is -3.85. The third kappa shape index (κ3) is 4.05. The molecule has 1 N–H and O–H groups in total. The molecular formula is C25H30N6O4S2. The number of rotatable bonds is 7. The van der Waals surface area contributed by atoms with Crippen LogP contribution in [0.3, 0.4) is 0 Å². The first-order valence-corrected chi connectivity index (χ1v) is 15.7. The van der Waals surface area contributed by atoms with E-state index < -0.39 is 20.0 Å². The molecule has 2 aliphatic carbocycles. The van der Waals surface area contributed by atoms with Crippen molar-refractivity contribution in [2.45, 2.75) is 74.5 Å². The molecule has 0 radical (unpaired) electrons. The van der Waals surface area contributed by atoms with E-state index in [-0.39, 0.29) is 28.0 Å². The molecule has 6 rings (SSSR count). The van der Waals surface area contributed by atoms with Gasteiger partial charge in [0.25, 0.3) is 10.0 Å². The van der Waals surface area contributed by atoms with Crippen LogP contribution >= 0.6 is 0 Å². The van der Waals surface area contributed by atoms with Gasteiger partial charge in [0, 0.05) is 18.2 Å². The number of nitrogens with zero attached hydrogens (tertiary/aromatic N) is 5. The molecule has 37 heavy (non-hydrogen) atoms. The molecule has 2 aliphatic rings. The standard InChI is InChI=1S/C25H30N6O4S2/c1-3-17-13-18(29-36(32,33)19-5-4-6-19)14-21(17)24-28-27-23-15-26-25-22(31(23)24)11-12-30(25)37(34,35)20-9-7-16(2)8-10-20/h7-12,15,17-19,21,29H,3-6,13-14H2,1-2H3. The van der Waals surface area contributed by atoms with E-state index in [1.807, 2.05) is 11.3 Å². The Morgan fingerprint density at radius 1 is 1.03 bits per heavy atom. The molecule has 196 valence electrons. The Labute approximate surface area is 216 Å². The summed E-state index contributed by atoms with van der Waals surface area (Å²) in [4.78, 5) is 4.61. The van der Waals surface area contributed by atoms with Gasteiger partial charge in [-0.1, -0.05) is 37.5 Å². The van der Waals surface area contributed by atoms with E-state index in [1.54, 1.807) is 30.3 Å². The van der Waals surface area contributed by atoms with Gasteiger partial charge in [0.1, 0.15) is 5.82 Å². The van der Waals surface area contributed by atoms with Crippen molar-refractivity contribution in [2.24, 2.45) is 5.92 Å². The lowest BCUT2D eigenvalue weighted by Gasteiger charge is -2.27. The van der Waals surface area contributed by atoms with Gasteiger partial charge >= 0.3 is 0 Å². The maximum Gasteiger partial charge on any atom is 0.269 e. The molecule has 3 heterocycles. The predicted molar refractivity (Wildman–Crippen MR) is 139 cm³/mol. The third-order valence-electron chi connectivity index (χ3n) is 8.01. The van der Waals surface area contributed by atoms with E-state index in [0.29, 0.717) is 29.1 Å². The van der Waals surface area contributed by atoms with E-state index in [2.05, 4.69) is 26.8 Å². The Hall–Kier alpha value is -2.83. The van der Waals surface area contributed by atoms with Gasteiger partial charge < -0.3 is 0 Å². The number of nitrogens with one attached hydrogen (secondary N) is 1. The second kappa shape index (κ2) is 8.88. The lowest BCUT2D eigenvalue weighted by atomic mass is 9.93. The topological polar surface area (TPSA) is 128 Å². The highest BCUT2D eigenvalue weighted by Crippen LogP contribution is 2.42. The van der Waals surface area contributed by atoms with Crippen molar-refractivity contribution in [1.29, 1.82) is 0 Å².